The van der Waals surface area contributed by atoms with E-state index in [2.05, 4.69) is 16.9 Å². The average molecular weight is 602 g/mol. The van der Waals surface area contributed by atoms with E-state index in [9.17, 15) is 17.6 Å². The van der Waals surface area contributed by atoms with Gasteiger partial charge in [-0.15, -0.1) is 0 Å². The second-order valence-corrected chi connectivity index (χ2v) is 13.8. The fourth-order valence-corrected chi connectivity index (χ4v) is 8.01. The lowest BCUT2D eigenvalue weighted by molar-refractivity contribution is 0.00970. The van der Waals surface area contributed by atoms with Gasteiger partial charge in [-0.1, -0.05) is 6.92 Å². The van der Waals surface area contributed by atoms with Crippen LogP contribution >= 0.6 is 0 Å². The number of ether oxygens (including phenoxy) is 1. The molecule has 1 aromatic carbocycles. The predicted octanol–water partition coefficient (Wildman–Crippen LogP) is 5.13. The molecule has 1 saturated carbocycles. The lowest BCUT2D eigenvalue weighted by Gasteiger charge is -2.38. The van der Waals surface area contributed by atoms with Crippen LogP contribution in [0.3, 0.4) is 0 Å². The van der Waals surface area contributed by atoms with Gasteiger partial charge in [-0.25, -0.2) is 26.6 Å². The van der Waals surface area contributed by atoms with Crippen LogP contribution in [0.2, 0.25) is 0 Å². The number of benzene rings is 1. The van der Waals surface area contributed by atoms with Gasteiger partial charge in [0.25, 0.3) is 0 Å². The zero-order valence-corrected chi connectivity index (χ0v) is 24.3. The number of hydrogen-bond donors (Lipinski definition) is 1. The molecule has 0 amide bonds. The first-order valence-electron chi connectivity index (χ1n) is 14.1. The molecule has 1 saturated heterocycles. The molecule has 3 aromatic rings. The number of ketones is 1. The van der Waals surface area contributed by atoms with Crippen molar-refractivity contribution in [1.82, 2.24) is 9.97 Å². The quantitative estimate of drug-likeness (QED) is 0.374. The first kappa shape index (κ1) is 30.3. The first-order chi connectivity index (χ1) is 20.0. The maximum absolute atomic E-state index is 15.3. The number of pyridine rings is 2. The van der Waals surface area contributed by atoms with Crippen molar-refractivity contribution in [2.75, 3.05) is 18.6 Å². The van der Waals surface area contributed by atoms with Crippen molar-refractivity contribution in [2.45, 2.75) is 63.0 Å². The van der Waals surface area contributed by atoms with Gasteiger partial charge in [0, 0.05) is 32.0 Å². The van der Waals surface area contributed by atoms with Crippen LogP contribution in [-0.4, -0.2) is 54.9 Å². The Hall–Kier alpha value is -3.15. The molecule has 42 heavy (non-hydrogen) atoms. The number of carbonyl (C=O) groups is 1. The lowest BCUT2D eigenvalue weighted by atomic mass is 9.73. The smallest absolute Gasteiger partial charge is 0.185 e. The standard InChI is InChI=1S/C31H34F3N3O4S/c1-17-11-20(14-26(35)31(17)41-2)22-5-8-36-16-21(22)15-28(38)27-4-3-23(32)30(37-27)29-24(33)12-19(13-25(29)34)18-6-9-42(39,40)10-7-18/h3-5,8,12-13,16-18,20,26,31H,6-7,9-11,14-15,35H2,1-2H3/t17-,20+,26+,31-/m0/s1. The minimum absolute atomic E-state index is 0.0522. The molecule has 3 heterocycles. The molecule has 2 aromatic heterocycles. The van der Waals surface area contributed by atoms with Gasteiger partial charge in [0.2, 0.25) is 0 Å². The Morgan fingerprint density at radius 3 is 2.36 bits per heavy atom. The van der Waals surface area contributed by atoms with Gasteiger partial charge >= 0.3 is 0 Å². The zero-order chi connectivity index (χ0) is 30.2. The van der Waals surface area contributed by atoms with Crippen molar-refractivity contribution in [2.24, 2.45) is 11.7 Å². The molecule has 0 unspecified atom stereocenters. The fourth-order valence-electron chi connectivity index (χ4n) is 6.52. The highest BCUT2D eigenvalue weighted by atomic mass is 32.2. The van der Waals surface area contributed by atoms with Gasteiger partial charge in [-0.3, -0.25) is 9.78 Å². The van der Waals surface area contributed by atoms with E-state index in [1.54, 1.807) is 19.5 Å². The van der Waals surface area contributed by atoms with Crippen molar-refractivity contribution in [3.8, 4) is 11.3 Å². The summed E-state index contributed by atoms with van der Waals surface area (Å²) in [5, 5.41) is 0. The summed E-state index contributed by atoms with van der Waals surface area (Å²) in [7, 11) is -1.50. The van der Waals surface area contributed by atoms with E-state index in [1.165, 1.54) is 6.07 Å². The van der Waals surface area contributed by atoms with E-state index in [4.69, 9.17) is 10.5 Å². The van der Waals surface area contributed by atoms with Crippen molar-refractivity contribution < 1.29 is 31.1 Å². The lowest BCUT2D eigenvalue weighted by Crippen LogP contribution is -2.45. The Labute approximate surface area is 243 Å². The number of Topliss-reactive ketones (excluding diaryl/α,β-unsaturated/α-hetero) is 1. The summed E-state index contributed by atoms with van der Waals surface area (Å²) in [6.07, 6.45) is 5.16. The molecule has 0 spiro atoms. The van der Waals surface area contributed by atoms with Gasteiger partial charge in [0.1, 0.15) is 38.7 Å². The summed E-state index contributed by atoms with van der Waals surface area (Å²) in [6, 6.07) is 6.09. The minimum Gasteiger partial charge on any atom is -0.380 e. The maximum atomic E-state index is 15.3. The van der Waals surface area contributed by atoms with E-state index in [-0.39, 0.29) is 66.4 Å². The summed E-state index contributed by atoms with van der Waals surface area (Å²) in [5.74, 6) is -3.60. The van der Waals surface area contributed by atoms with Crippen LogP contribution in [0, 0.1) is 23.4 Å². The number of sulfone groups is 1. The van der Waals surface area contributed by atoms with Crippen LogP contribution in [-0.2, 0) is 21.0 Å². The van der Waals surface area contributed by atoms with Gasteiger partial charge in [-0.05, 0) is 90.5 Å². The number of nitrogens with zero attached hydrogens (tertiary/aromatic N) is 2. The number of aromatic nitrogens is 2. The second kappa shape index (κ2) is 12.2. The number of carbonyl (C=O) groups excluding carboxylic acids is 1. The van der Waals surface area contributed by atoms with E-state index in [0.29, 0.717) is 17.5 Å². The van der Waals surface area contributed by atoms with Crippen LogP contribution in [0.4, 0.5) is 13.2 Å². The fraction of sp³-hybridized carbons (Fsp3) is 0.452. The number of nitrogens with two attached hydrogens (primary N) is 1. The molecule has 2 N–H and O–H groups in total. The maximum Gasteiger partial charge on any atom is 0.185 e. The highest BCUT2D eigenvalue weighted by Gasteiger charge is 2.35. The SMILES string of the molecule is CO[C@@H]1[C@H](N)C[C@H](c2ccncc2CC(=O)c2ccc(F)c(-c3c(F)cc(C4CCS(=O)(=O)CC4)cc3F)n2)C[C@@H]1C. The van der Waals surface area contributed by atoms with E-state index < -0.39 is 44.3 Å². The van der Waals surface area contributed by atoms with Crippen LogP contribution in [0.1, 0.15) is 71.6 Å². The van der Waals surface area contributed by atoms with E-state index >= 15 is 8.78 Å². The molecular weight excluding hydrogens is 567 g/mol. The molecule has 5 rings (SSSR count). The third kappa shape index (κ3) is 6.28. The summed E-state index contributed by atoms with van der Waals surface area (Å²) in [6.45, 7) is 2.08. The third-order valence-electron chi connectivity index (χ3n) is 8.66. The number of rotatable bonds is 7. The summed E-state index contributed by atoms with van der Waals surface area (Å²) >= 11 is 0. The number of halogens is 3. The zero-order valence-electron chi connectivity index (χ0n) is 23.5. The van der Waals surface area contributed by atoms with Crippen molar-refractivity contribution in [3.63, 3.8) is 0 Å². The third-order valence-corrected chi connectivity index (χ3v) is 10.4. The summed E-state index contributed by atoms with van der Waals surface area (Å²) in [4.78, 5) is 21.6. The number of methoxy groups -OCH3 is 1. The van der Waals surface area contributed by atoms with Crippen LogP contribution < -0.4 is 5.73 Å². The van der Waals surface area contributed by atoms with Crippen molar-refractivity contribution in [3.05, 3.63) is 82.6 Å². The Morgan fingerprint density at radius 1 is 1.02 bits per heavy atom. The Kier molecular flexibility index (Phi) is 8.82. The van der Waals surface area contributed by atoms with Crippen LogP contribution in [0.25, 0.3) is 11.3 Å². The highest BCUT2D eigenvalue weighted by Crippen LogP contribution is 2.39. The largest absolute Gasteiger partial charge is 0.380 e. The Morgan fingerprint density at radius 2 is 1.71 bits per heavy atom. The molecular formula is C31H34F3N3O4S. The topological polar surface area (TPSA) is 112 Å². The first-order valence-corrected chi connectivity index (χ1v) is 15.9. The molecule has 224 valence electrons. The Bertz CT molecular complexity index is 1550. The van der Waals surface area contributed by atoms with E-state index in [0.717, 1.165) is 30.2 Å². The number of hydrogen-bond acceptors (Lipinski definition) is 7. The second-order valence-electron chi connectivity index (χ2n) is 11.5. The molecule has 11 heteroatoms. The molecule has 0 bridgehead atoms. The minimum atomic E-state index is -3.15. The molecule has 7 nitrogen and oxygen atoms in total. The summed E-state index contributed by atoms with van der Waals surface area (Å²) < 4.78 is 74.5. The van der Waals surface area contributed by atoms with Gasteiger partial charge < -0.3 is 10.5 Å². The van der Waals surface area contributed by atoms with Crippen molar-refractivity contribution >= 4 is 15.6 Å². The molecule has 1 aliphatic carbocycles. The molecule has 0 radical (unpaired) electrons. The Balaban J connectivity index is 1.39. The van der Waals surface area contributed by atoms with E-state index in [1.807, 2.05) is 6.07 Å². The normalized spacial score (nSPS) is 24.4. The monoisotopic (exact) mass is 601 g/mol. The highest BCUT2D eigenvalue weighted by molar-refractivity contribution is 7.91. The molecule has 1 aliphatic heterocycles. The summed E-state index contributed by atoms with van der Waals surface area (Å²) in [5.41, 5.74) is 6.93. The molecule has 2 aliphatic rings. The van der Waals surface area contributed by atoms with Gasteiger partial charge in [0.05, 0.1) is 23.2 Å². The predicted molar refractivity (Wildman–Crippen MR) is 152 cm³/mol. The molecule has 4 atom stereocenters. The van der Waals surface area contributed by atoms with Gasteiger partial charge in [-0.2, -0.15) is 0 Å². The van der Waals surface area contributed by atoms with Crippen LogP contribution in [0.15, 0.2) is 42.7 Å². The average Bonchev–Trinajstić information content (AvgIpc) is 2.93. The van der Waals surface area contributed by atoms with Gasteiger partial charge in [0.15, 0.2) is 5.78 Å². The molecule has 2 fully saturated rings. The van der Waals surface area contributed by atoms with Crippen molar-refractivity contribution in [1.29, 1.82) is 0 Å². The van der Waals surface area contributed by atoms with Crippen LogP contribution in [0.5, 0.6) is 0 Å².